The van der Waals surface area contributed by atoms with Crippen LogP contribution >= 0.6 is 11.6 Å². The van der Waals surface area contributed by atoms with E-state index in [1.807, 2.05) is 25.1 Å². The third-order valence-corrected chi connectivity index (χ3v) is 4.38. The van der Waals surface area contributed by atoms with Crippen LogP contribution in [0.3, 0.4) is 0 Å². The van der Waals surface area contributed by atoms with Gasteiger partial charge in [0.15, 0.2) is 0 Å². The lowest BCUT2D eigenvalue weighted by Gasteiger charge is -2.26. The van der Waals surface area contributed by atoms with Crippen LogP contribution in [0.25, 0.3) is 0 Å². The maximum atomic E-state index is 12.6. The molecule has 0 unspecified atom stereocenters. The van der Waals surface area contributed by atoms with Crippen LogP contribution < -0.4 is 5.32 Å². The van der Waals surface area contributed by atoms with Gasteiger partial charge in [-0.25, -0.2) is 0 Å². The number of carbonyl (C=O) groups excluding carboxylic acids is 2. The zero-order chi connectivity index (χ0) is 16.4. The van der Waals surface area contributed by atoms with Gasteiger partial charge in [-0.15, -0.1) is 0 Å². The molecule has 1 aliphatic rings. The number of benzene rings is 2. The van der Waals surface area contributed by atoms with E-state index in [4.69, 9.17) is 11.6 Å². The summed E-state index contributed by atoms with van der Waals surface area (Å²) in [6.45, 7) is 2.36. The molecule has 1 aliphatic heterocycles. The first-order valence-corrected chi connectivity index (χ1v) is 7.94. The smallest absolute Gasteiger partial charge is 0.255 e. The molecule has 0 saturated carbocycles. The van der Waals surface area contributed by atoms with E-state index in [0.717, 1.165) is 5.56 Å². The summed E-state index contributed by atoms with van der Waals surface area (Å²) in [6, 6.07) is 14.0. The SMILES string of the molecule is CC[C@H](C(=O)Nc1ccccc1Cl)N1Cc2ccccc2C1=O. The average Bonchev–Trinajstić information content (AvgIpc) is 2.88. The minimum Gasteiger partial charge on any atom is -0.323 e. The van der Waals surface area contributed by atoms with Crippen LogP contribution in [0.4, 0.5) is 5.69 Å². The third-order valence-electron chi connectivity index (χ3n) is 4.05. The van der Waals surface area contributed by atoms with Crippen LogP contribution in [0, 0.1) is 0 Å². The molecule has 0 fully saturated rings. The first-order chi connectivity index (χ1) is 11.1. The van der Waals surface area contributed by atoms with Gasteiger partial charge in [0.1, 0.15) is 6.04 Å². The number of fused-ring (bicyclic) bond motifs is 1. The average molecular weight is 329 g/mol. The molecule has 1 heterocycles. The molecule has 23 heavy (non-hydrogen) atoms. The van der Waals surface area contributed by atoms with Gasteiger partial charge in [-0.3, -0.25) is 9.59 Å². The number of halogens is 1. The first kappa shape index (κ1) is 15.6. The van der Waals surface area contributed by atoms with Crippen molar-refractivity contribution < 1.29 is 9.59 Å². The Bertz CT molecular complexity index is 760. The summed E-state index contributed by atoms with van der Waals surface area (Å²) in [6.07, 6.45) is 0.538. The summed E-state index contributed by atoms with van der Waals surface area (Å²) in [5, 5.41) is 3.30. The largest absolute Gasteiger partial charge is 0.323 e. The van der Waals surface area contributed by atoms with Gasteiger partial charge in [-0.1, -0.05) is 48.9 Å². The minimum atomic E-state index is -0.522. The van der Waals surface area contributed by atoms with Gasteiger partial charge in [0, 0.05) is 12.1 Å². The van der Waals surface area contributed by atoms with Crippen molar-refractivity contribution in [3.05, 3.63) is 64.7 Å². The molecule has 2 amide bonds. The number of nitrogens with one attached hydrogen (secondary N) is 1. The summed E-state index contributed by atoms with van der Waals surface area (Å²) in [4.78, 5) is 26.8. The Kier molecular flexibility index (Phi) is 4.35. The van der Waals surface area contributed by atoms with Gasteiger partial charge >= 0.3 is 0 Å². The number of amides is 2. The second-order valence-electron chi connectivity index (χ2n) is 5.48. The molecular formula is C18H17ClN2O2. The Balaban J connectivity index is 1.80. The number of para-hydroxylation sites is 1. The lowest BCUT2D eigenvalue weighted by atomic mass is 10.1. The Labute approximate surface area is 140 Å². The van der Waals surface area contributed by atoms with E-state index in [1.165, 1.54) is 0 Å². The van der Waals surface area contributed by atoms with Crippen molar-refractivity contribution in [2.45, 2.75) is 25.9 Å². The molecule has 0 bridgehead atoms. The molecule has 2 aromatic rings. The van der Waals surface area contributed by atoms with E-state index < -0.39 is 6.04 Å². The number of carbonyl (C=O) groups is 2. The van der Waals surface area contributed by atoms with Gasteiger partial charge in [0.05, 0.1) is 10.7 Å². The van der Waals surface area contributed by atoms with Crippen LogP contribution in [0.15, 0.2) is 48.5 Å². The predicted molar refractivity (Wildman–Crippen MR) is 90.5 cm³/mol. The summed E-state index contributed by atoms with van der Waals surface area (Å²) < 4.78 is 0. The second kappa shape index (κ2) is 6.42. The summed E-state index contributed by atoms with van der Waals surface area (Å²) in [5.41, 5.74) is 2.19. The zero-order valence-corrected chi connectivity index (χ0v) is 13.5. The lowest BCUT2D eigenvalue weighted by molar-refractivity contribution is -0.120. The Morgan fingerprint density at radius 2 is 1.91 bits per heavy atom. The molecule has 5 heteroatoms. The lowest BCUT2D eigenvalue weighted by Crippen LogP contribution is -2.43. The fourth-order valence-corrected chi connectivity index (χ4v) is 3.04. The normalized spacial score (nSPS) is 14.5. The number of hydrogen-bond acceptors (Lipinski definition) is 2. The van der Waals surface area contributed by atoms with E-state index in [1.54, 1.807) is 35.2 Å². The Hall–Kier alpha value is -2.33. The van der Waals surface area contributed by atoms with Crippen molar-refractivity contribution >= 4 is 29.1 Å². The van der Waals surface area contributed by atoms with Crippen molar-refractivity contribution in [1.29, 1.82) is 0 Å². The summed E-state index contributed by atoms with van der Waals surface area (Å²) in [5.74, 6) is -0.316. The van der Waals surface area contributed by atoms with Gasteiger partial charge in [0.25, 0.3) is 5.91 Å². The maximum Gasteiger partial charge on any atom is 0.255 e. The highest BCUT2D eigenvalue weighted by Crippen LogP contribution is 2.27. The van der Waals surface area contributed by atoms with E-state index in [9.17, 15) is 9.59 Å². The van der Waals surface area contributed by atoms with Crippen molar-refractivity contribution in [2.75, 3.05) is 5.32 Å². The van der Waals surface area contributed by atoms with Crippen LogP contribution in [-0.2, 0) is 11.3 Å². The van der Waals surface area contributed by atoms with Crippen molar-refractivity contribution in [3.8, 4) is 0 Å². The topological polar surface area (TPSA) is 49.4 Å². The molecule has 0 saturated heterocycles. The summed E-state index contributed by atoms with van der Waals surface area (Å²) in [7, 11) is 0. The molecule has 4 nitrogen and oxygen atoms in total. The molecule has 0 spiro atoms. The standard InChI is InChI=1S/C18H17ClN2O2/c1-2-16(17(22)20-15-10-6-5-9-14(15)19)21-11-12-7-3-4-8-13(12)18(21)23/h3-10,16H,2,11H2,1H3,(H,20,22)/t16-/m1/s1. The molecule has 1 atom stereocenters. The van der Waals surface area contributed by atoms with E-state index in [2.05, 4.69) is 5.32 Å². The van der Waals surface area contributed by atoms with Gasteiger partial charge < -0.3 is 10.2 Å². The number of hydrogen-bond donors (Lipinski definition) is 1. The number of anilines is 1. The minimum absolute atomic E-state index is 0.0956. The van der Waals surface area contributed by atoms with E-state index >= 15 is 0 Å². The summed E-state index contributed by atoms with van der Waals surface area (Å²) >= 11 is 6.08. The van der Waals surface area contributed by atoms with Crippen molar-refractivity contribution in [2.24, 2.45) is 0 Å². The molecule has 0 aromatic heterocycles. The quantitative estimate of drug-likeness (QED) is 0.930. The number of nitrogens with zero attached hydrogens (tertiary/aromatic N) is 1. The van der Waals surface area contributed by atoms with E-state index in [0.29, 0.717) is 29.2 Å². The van der Waals surface area contributed by atoms with Gasteiger partial charge in [-0.05, 0) is 30.2 Å². The van der Waals surface area contributed by atoms with Crippen molar-refractivity contribution in [1.82, 2.24) is 4.90 Å². The van der Waals surface area contributed by atoms with E-state index in [-0.39, 0.29) is 11.8 Å². The molecule has 0 aliphatic carbocycles. The Morgan fingerprint density at radius 1 is 1.22 bits per heavy atom. The molecule has 3 rings (SSSR count). The Morgan fingerprint density at radius 3 is 2.61 bits per heavy atom. The van der Waals surface area contributed by atoms with Crippen LogP contribution in [0.2, 0.25) is 5.02 Å². The highest BCUT2D eigenvalue weighted by molar-refractivity contribution is 6.33. The van der Waals surface area contributed by atoms with Crippen LogP contribution in [0.1, 0.15) is 29.3 Å². The molecular weight excluding hydrogens is 312 g/mol. The first-order valence-electron chi connectivity index (χ1n) is 7.56. The van der Waals surface area contributed by atoms with Gasteiger partial charge in [-0.2, -0.15) is 0 Å². The fraction of sp³-hybridized carbons (Fsp3) is 0.222. The van der Waals surface area contributed by atoms with Crippen molar-refractivity contribution in [3.63, 3.8) is 0 Å². The monoisotopic (exact) mass is 328 g/mol. The van der Waals surface area contributed by atoms with Crippen LogP contribution in [-0.4, -0.2) is 22.8 Å². The highest BCUT2D eigenvalue weighted by atomic mass is 35.5. The van der Waals surface area contributed by atoms with Crippen LogP contribution in [0.5, 0.6) is 0 Å². The molecule has 0 radical (unpaired) electrons. The number of rotatable bonds is 4. The second-order valence-corrected chi connectivity index (χ2v) is 5.89. The third kappa shape index (κ3) is 2.94. The maximum absolute atomic E-state index is 12.6. The molecule has 118 valence electrons. The zero-order valence-electron chi connectivity index (χ0n) is 12.8. The fourth-order valence-electron chi connectivity index (χ4n) is 2.85. The predicted octanol–water partition coefficient (Wildman–Crippen LogP) is 3.71. The molecule has 1 N–H and O–H groups in total. The molecule has 2 aromatic carbocycles. The van der Waals surface area contributed by atoms with Gasteiger partial charge in [0.2, 0.25) is 5.91 Å². The highest BCUT2D eigenvalue weighted by Gasteiger charge is 2.35.